The van der Waals surface area contributed by atoms with Crippen molar-refractivity contribution in [3.05, 3.63) is 53.1 Å². The summed E-state index contributed by atoms with van der Waals surface area (Å²) in [7, 11) is 1.48. The highest BCUT2D eigenvalue weighted by atomic mass is 16.5. The number of rotatable bonds is 3. The number of fused-ring (bicyclic) bond motifs is 1. The van der Waals surface area contributed by atoms with Crippen LogP contribution < -0.4 is 15.4 Å². The molecule has 2 aromatic carbocycles. The van der Waals surface area contributed by atoms with Gasteiger partial charge in [-0.25, -0.2) is 0 Å². The fourth-order valence-corrected chi connectivity index (χ4v) is 2.41. The topological polar surface area (TPSA) is 70.6 Å². The lowest BCUT2D eigenvalue weighted by atomic mass is 10.1. The molecular formula is C16H16N2O3. The molecule has 21 heavy (non-hydrogen) atoms. The van der Waals surface area contributed by atoms with Gasteiger partial charge in [-0.15, -0.1) is 0 Å². The molecule has 108 valence electrons. The molecule has 0 spiro atoms. The number of aromatic hydroxyl groups is 1. The minimum absolute atomic E-state index is 0.00606. The second-order valence-electron chi connectivity index (χ2n) is 4.93. The first-order valence-electron chi connectivity index (χ1n) is 6.68. The maximum Gasteiger partial charge on any atom is 0.255 e. The van der Waals surface area contributed by atoms with E-state index in [2.05, 4.69) is 10.6 Å². The number of hydrogen-bond donors (Lipinski definition) is 3. The van der Waals surface area contributed by atoms with E-state index in [0.29, 0.717) is 17.0 Å². The number of nitrogens with one attached hydrogen (secondary N) is 2. The molecule has 5 nitrogen and oxygen atoms in total. The van der Waals surface area contributed by atoms with E-state index in [0.717, 1.165) is 18.7 Å². The lowest BCUT2D eigenvalue weighted by Gasteiger charge is -2.09. The van der Waals surface area contributed by atoms with Crippen LogP contribution >= 0.6 is 0 Å². The summed E-state index contributed by atoms with van der Waals surface area (Å²) in [5.74, 6) is 0.166. The first-order chi connectivity index (χ1) is 10.2. The Morgan fingerprint density at radius 3 is 2.76 bits per heavy atom. The van der Waals surface area contributed by atoms with Crippen LogP contribution in [0.25, 0.3) is 0 Å². The molecule has 3 rings (SSSR count). The number of phenolic OH excluding ortho intramolecular Hbond substituents is 1. The normalized spacial score (nSPS) is 12.8. The molecule has 1 amide bonds. The largest absolute Gasteiger partial charge is 0.504 e. The van der Waals surface area contributed by atoms with E-state index in [1.807, 2.05) is 18.2 Å². The van der Waals surface area contributed by atoms with Crippen LogP contribution in [0.1, 0.15) is 21.5 Å². The third-order valence-corrected chi connectivity index (χ3v) is 3.54. The Hall–Kier alpha value is -2.53. The van der Waals surface area contributed by atoms with E-state index in [4.69, 9.17) is 4.74 Å². The van der Waals surface area contributed by atoms with Gasteiger partial charge in [0, 0.05) is 30.4 Å². The summed E-state index contributed by atoms with van der Waals surface area (Å²) in [6.45, 7) is 1.64. The Balaban J connectivity index is 1.78. The summed E-state index contributed by atoms with van der Waals surface area (Å²) >= 11 is 0. The standard InChI is InChI=1S/C16H16N2O3/c1-21-15-5-4-13(7-14(15)19)18-16(20)10-2-3-11-8-17-9-12(11)6-10/h2-7,17,19H,8-9H2,1H3,(H,18,20). The molecule has 0 aliphatic carbocycles. The SMILES string of the molecule is COc1ccc(NC(=O)c2ccc3c(c2)CNC3)cc1O. The maximum absolute atomic E-state index is 12.2. The molecule has 0 saturated heterocycles. The molecule has 5 heteroatoms. The number of anilines is 1. The van der Waals surface area contributed by atoms with Gasteiger partial charge < -0.3 is 20.5 Å². The van der Waals surface area contributed by atoms with Crippen molar-refractivity contribution in [3.63, 3.8) is 0 Å². The van der Waals surface area contributed by atoms with Gasteiger partial charge in [0.05, 0.1) is 7.11 Å². The number of phenols is 1. The Morgan fingerprint density at radius 2 is 2.00 bits per heavy atom. The first kappa shape index (κ1) is 13.5. The molecule has 3 N–H and O–H groups in total. The smallest absolute Gasteiger partial charge is 0.255 e. The van der Waals surface area contributed by atoms with Crippen LogP contribution in [0.5, 0.6) is 11.5 Å². The summed E-state index contributed by atoms with van der Waals surface area (Å²) < 4.78 is 4.97. The highest BCUT2D eigenvalue weighted by Crippen LogP contribution is 2.28. The van der Waals surface area contributed by atoms with Crippen LogP contribution in [0.3, 0.4) is 0 Å². The van der Waals surface area contributed by atoms with Gasteiger partial charge in [0.1, 0.15) is 0 Å². The fraction of sp³-hybridized carbons (Fsp3) is 0.188. The van der Waals surface area contributed by atoms with E-state index < -0.39 is 0 Å². The molecule has 0 bridgehead atoms. The van der Waals surface area contributed by atoms with E-state index in [-0.39, 0.29) is 11.7 Å². The van der Waals surface area contributed by atoms with Crippen LogP contribution in [0.4, 0.5) is 5.69 Å². The number of methoxy groups -OCH3 is 1. The van der Waals surface area contributed by atoms with Gasteiger partial charge in [-0.2, -0.15) is 0 Å². The van der Waals surface area contributed by atoms with Crippen LogP contribution in [0.2, 0.25) is 0 Å². The molecule has 1 heterocycles. The van der Waals surface area contributed by atoms with Gasteiger partial charge in [0.15, 0.2) is 11.5 Å². The molecule has 2 aromatic rings. The Kier molecular flexibility index (Phi) is 3.50. The lowest BCUT2D eigenvalue weighted by Crippen LogP contribution is -2.12. The third kappa shape index (κ3) is 2.68. The van der Waals surface area contributed by atoms with Gasteiger partial charge >= 0.3 is 0 Å². The van der Waals surface area contributed by atoms with Crippen molar-refractivity contribution in [1.29, 1.82) is 0 Å². The summed E-state index contributed by atoms with van der Waals surface area (Å²) in [6, 6.07) is 10.4. The Morgan fingerprint density at radius 1 is 1.19 bits per heavy atom. The van der Waals surface area contributed by atoms with Gasteiger partial charge in [-0.1, -0.05) is 6.07 Å². The van der Waals surface area contributed by atoms with Crippen molar-refractivity contribution in [2.75, 3.05) is 12.4 Å². The van der Waals surface area contributed by atoms with Crippen molar-refractivity contribution in [2.45, 2.75) is 13.1 Å². The average molecular weight is 284 g/mol. The van der Waals surface area contributed by atoms with Crippen LogP contribution in [0, 0.1) is 0 Å². The first-order valence-corrected chi connectivity index (χ1v) is 6.68. The predicted octanol–water partition coefficient (Wildman–Crippen LogP) is 2.26. The molecule has 0 fully saturated rings. The molecular weight excluding hydrogens is 268 g/mol. The van der Waals surface area contributed by atoms with Crippen LogP contribution in [0.15, 0.2) is 36.4 Å². The molecule has 0 aromatic heterocycles. The number of ether oxygens (including phenoxy) is 1. The van der Waals surface area contributed by atoms with Crippen LogP contribution in [-0.4, -0.2) is 18.1 Å². The van der Waals surface area contributed by atoms with Crippen molar-refractivity contribution in [3.8, 4) is 11.5 Å². The minimum atomic E-state index is -0.200. The number of hydrogen-bond acceptors (Lipinski definition) is 4. The van der Waals surface area contributed by atoms with E-state index in [1.165, 1.54) is 18.7 Å². The second-order valence-corrected chi connectivity index (χ2v) is 4.93. The summed E-state index contributed by atoms with van der Waals surface area (Å²) in [5.41, 5.74) is 3.51. The van der Waals surface area contributed by atoms with Gasteiger partial charge in [-0.3, -0.25) is 4.79 Å². The van der Waals surface area contributed by atoms with E-state index in [1.54, 1.807) is 12.1 Å². The third-order valence-electron chi connectivity index (χ3n) is 3.54. The number of carbonyl (C=O) groups is 1. The van der Waals surface area contributed by atoms with E-state index in [9.17, 15) is 9.90 Å². The van der Waals surface area contributed by atoms with Crippen molar-refractivity contribution >= 4 is 11.6 Å². The zero-order valence-corrected chi connectivity index (χ0v) is 11.6. The van der Waals surface area contributed by atoms with Gasteiger partial charge in [-0.05, 0) is 35.4 Å². The molecule has 0 radical (unpaired) electrons. The monoisotopic (exact) mass is 284 g/mol. The quantitative estimate of drug-likeness (QED) is 0.808. The zero-order chi connectivity index (χ0) is 14.8. The maximum atomic E-state index is 12.2. The van der Waals surface area contributed by atoms with Gasteiger partial charge in [0.25, 0.3) is 5.91 Å². The van der Waals surface area contributed by atoms with Crippen LogP contribution in [-0.2, 0) is 13.1 Å². The van der Waals surface area contributed by atoms with Gasteiger partial charge in [0.2, 0.25) is 0 Å². The summed E-state index contributed by atoms with van der Waals surface area (Å²) in [5, 5.41) is 15.7. The van der Waals surface area contributed by atoms with Crippen molar-refractivity contribution < 1.29 is 14.6 Å². The second kappa shape index (κ2) is 5.46. The number of benzene rings is 2. The lowest BCUT2D eigenvalue weighted by molar-refractivity contribution is 0.102. The van der Waals surface area contributed by atoms with E-state index >= 15 is 0 Å². The molecule has 0 saturated carbocycles. The minimum Gasteiger partial charge on any atom is -0.504 e. The number of carbonyl (C=O) groups excluding carboxylic acids is 1. The Labute approximate surface area is 122 Å². The molecule has 1 aliphatic rings. The highest BCUT2D eigenvalue weighted by molar-refractivity contribution is 6.04. The fourth-order valence-electron chi connectivity index (χ4n) is 2.41. The zero-order valence-electron chi connectivity index (χ0n) is 11.6. The highest BCUT2D eigenvalue weighted by Gasteiger charge is 2.14. The van der Waals surface area contributed by atoms with Crippen molar-refractivity contribution in [2.24, 2.45) is 0 Å². The summed E-state index contributed by atoms with van der Waals surface area (Å²) in [6.07, 6.45) is 0. The summed E-state index contributed by atoms with van der Waals surface area (Å²) in [4.78, 5) is 12.2. The van der Waals surface area contributed by atoms with Crippen molar-refractivity contribution in [1.82, 2.24) is 5.32 Å². The predicted molar refractivity (Wildman–Crippen MR) is 79.6 cm³/mol. The molecule has 0 unspecified atom stereocenters. The Bertz CT molecular complexity index is 698. The molecule has 0 atom stereocenters. The molecule has 1 aliphatic heterocycles. The number of amides is 1. The average Bonchev–Trinajstić information content (AvgIpc) is 2.94.